The second-order valence-electron chi connectivity index (χ2n) is 10.8. The van der Waals surface area contributed by atoms with E-state index in [1.807, 2.05) is 6.20 Å². The van der Waals surface area contributed by atoms with Crippen LogP contribution in [0, 0.1) is 5.92 Å². The van der Waals surface area contributed by atoms with Crippen LogP contribution >= 0.6 is 0 Å². The lowest BCUT2D eigenvalue weighted by Gasteiger charge is -2.49. The van der Waals surface area contributed by atoms with E-state index in [0.717, 1.165) is 84.0 Å². The van der Waals surface area contributed by atoms with Gasteiger partial charge in [-0.1, -0.05) is 12.1 Å². The quantitative estimate of drug-likeness (QED) is 0.739. The van der Waals surface area contributed by atoms with Crippen molar-refractivity contribution < 1.29 is 9.53 Å². The van der Waals surface area contributed by atoms with Crippen molar-refractivity contribution in [3.63, 3.8) is 0 Å². The summed E-state index contributed by atoms with van der Waals surface area (Å²) in [7, 11) is 0. The molecule has 1 amide bonds. The highest BCUT2D eigenvalue weighted by Gasteiger charge is 2.42. The molecule has 7 nitrogen and oxygen atoms in total. The van der Waals surface area contributed by atoms with E-state index in [1.165, 1.54) is 28.1 Å². The number of nitrogens with zero attached hydrogens (tertiary/aromatic N) is 4. The Morgan fingerprint density at radius 1 is 1.00 bits per heavy atom. The van der Waals surface area contributed by atoms with Gasteiger partial charge in [0.05, 0.1) is 24.4 Å². The van der Waals surface area contributed by atoms with Crippen molar-refractivity contribution in [3.8, 4) is 0 Å². The van der Waals surface area contributed by atoms with Gasteiger partial charge in [-0.15, -0.1) is 0 Å². The molecule has 4 heterocycles. The number of anilines is 2. The number of ether oxygens (including phenoxy) is 1. The average Bonchev–Trinajstić information content (AvgIpc) is 3.65. The van der Waals surface area contributed by atoms with Crippen LogP contribution in [0.5, 0.6) is 0 Å². The summed E-state index contributed by atoms with van der Waals surface area (Å²) in [6.07, 6.45) is 7.31. The number of piperazine rings is 2. The molecule has 7 heteroatoms. The van der Waals surface area contributed by atoms with Gasteiger partial charge >= 0.3 is 0 Å². The number of rotatable bonds is 4. The molecule has 7 rings (SSSR count). The second kappa shape index (κ2) is 8.35. The van der Waals surface area contributed by atoms with Crippen molar-refractivity contribution in [1.29, 1.82) is 0 Å². The molecule has 4 fully saturated rings. The van der Waals surface area contributed by atoms with Crippen LogP contribution in [-0.2, 0) is 16.0 Å². The minimum absolute atomic E-state index is 0.144. The third-order valence-corrected chi connectivity index (χ3v) is 8.32. The van der Waals surface area contributed by atoms with Crippen LogP contribution in [0.15, 0.2) is 36.5 Å². The summed E-state index contributed by atoms with van der Waals surface area (Å²) in [5.41, 5.74) is 7.71. The van der Waals surface area contributed by atoms with E-state index in [4.69, 9.17) is 9.72 Å². The van der Waals surface area contributed by atoms with Gasteiger partial charge in [0.15, 0.2) is 0 Å². The van der Waals surface area contributed by atoms with Gasteiger partial charge in [0.1, 0.15) is 0 Å². The predicted molar refractivity (Wildman–Crippen MR) is 138 cm³/mol. The highest BCUT2D eigenvalue weighted by Crippen LogP contribution is 2.37. The fraction of sp³-hybridized carbons (Fsp3) is 0.500. The second-order valence-corrected chi connectivity index (χ2v) is 10.8. The van der Waals surface area contributed by atoms with Crippen LogP contribution in [0.4, 0.5) is 11.4 Å². The molecule has 1 saturated carbocycles. The van der Waals surface area contributed by atoms with Crippen LogP contribution < -0.4 is 15.1 Å². The molecular formula is C28H33N5O2. The summed E-state index contributed by atoms with van der Waals surface area (Å²) in [4.78, 5) is 24.1. The van der Waals surface area contributed by atoms with Gasteiger partial charge in [0.2, 0.25) is 5.91 Å². The molecule has 1 aromatic carbocycles. The summed E-state index contributed by atoms with van der Waals surface area (Å²) in [6.45, 7) is 8.10. The first kappa shape index (κ1) is 21.4. The minimum atomic E-state index is 0.144. The van der Waals surface area contributed by atoms with Gasteiger partial charge in [-0.05, 0) is 48.3 Å². The van der Waals surface area contributed by atoms with Gasteiger partial charge in [0, 0.05) is 81.3 Å². The van der Waals surface area contributed by atoms with Crippen molar-refractivity contribution in [1.82, 2.24) is 15.2 Å². The largest absolute Gasteiger partial charge is 0.377 e. The molecule has 3 saturated heterocycles. The SMILES string of the molecule is O=C(C1CC1)N1CCN(c2ccnc3c2C=C(c2ccc(N4CCNC5(COC5)C4)cc2)C3)CC1. The van der Waals surface area contributed by atoms with Crippen molar-refractivity contribution in [2.75, 3.05) is 68.8 Å². The first-order valence-electron chi connectivity index (χ1n) is 13.1. The van der Waals surface area contributed by atoms with Crippen LogP contribution in [0.1, 0.15) is 29.7 Å². The maximum absolute atomic E-state index is 12.4. The molecule has 1 spiro atoms. The average molecular weight is 472 g/mol. The Morgan fingerprint density at radius 2 is 1.80 bits per heavy atom. The van der Waals surface area contributed by atoms with E-state index in [9.17, 15) is 4.79 Å². The standard InChI is InChI=1S/C28H33N5O2/c34-27(21-1-2-21)32-13-11-31(12-14-32)26-7-8-29-25-16-22(15-24(25)26)20-3-5-23(6-4-20)33-10-9-30-28(17-33)18-35-19-28/h3-8,15,21,30H,1-2,9-14,16-19H2. The first-order chi connectivity index (χ1) is 17.2. The Balaban J connectivity index is 1.06. The molecular weight excluding hydrogens is 438 g/mol. The third kappa shape index (κ3) is 3.91. The van der Waals surface area contributed by atoms with Gasteiger partial charge in [-0.3, -0.25) is 9.78 Å². The number of fused-ring (bicyclic) bond motifs is 1. The number of aromatic nitrogens is 1. The van der Waals surface area contributed by atoms with E-state index in [1.54, 1.807) is 0 Å². The van der Waals surface area contributed by atoms with E-state index < -0.39 is 0 Å². The lowest BCUT2D eigenvalue weighted by Crippen LogP contribution is -2.70. The number of allylic oxidation sites excluding steroid dienone is 1. The van der Waals surface area contributed by atoms with E-state index in [2.05, 4.69) is 56.4 Å². The van der Waals surface area contributed by atoms with E-state index in [-0.39, 0.29) is 5.54 Å². The summed E-state index contributed by atoms with van der Waals surface area (Å²) in [6, 6.07) is 11.2. The maximum Gasteiger partial charge on any atom is 0.225 e. The zero-order chi connectivity index (χ0) is 23.4. The van der Waals surface area contributed by atoms with Crippen LogP contribution in [0.2, 0.25) is 0 Å². The molecule has 2 aliphatic carbocycles. The lowest BCUT2D eigenvalue weighted by atomic mass is 9.94. The van der Waals surface area contributed by atoms with Crippen molar-refractivity contribution in [3.05, 3.63) is 53.3 Å². The molecule has 35 heavy (non-hydrogen) atoms. The van der Waals surface area contributed by atoms with Crippen molar-refractivity contribution in [2.45, 2.75) is 24.8 Å². The van der Waals surface area contributed by atoms with Gasteiger partial charge < -0.3 is 24.8 Å². The molecule has 5 aliphatic rings. The normalized spacial score (nSPS) is 23.2. The number of hydrogen-bond donors (Lipinski definition) is 1. The molecule has 182 valence electrons. The van der Waals surface area contributed by atoms with Crippen molar-refractivity contribution >= 4 is 28.9 Å². The first-order valence-corrected chi connectivity index (χ1v) is 13.1. The summed E-state index contributed by atoms with van der Waals surface area (Å²) < 4.78 is 5.47. The highest BCUT2D eigenvalue weighted by atomic mass is 16.5. The molecule has 2 aromatic rings. The Kier molecular flexibility index (Phi) is 5.10. The summed E-state index contributed by atoms with van der Waals surface area (Å²) in [5.74, 6) is 0.677. The predicted octanol–water partition coefficient (Wildman–Crippen LogP) is 2.42. The number of nitrogens with one attached hydrogen (secondary N) is 1. The van der Waals surface area contributed by atoms with E-state index in [0.29, 0.717) is 11.8 Å². The lowest BCUT2D eigenvalue weighted by molar-refractivity contribution is -0.132. The fourth-order valence-corrected chi connectivity index (χ4v) is 6.03. The third-order valence-electron chi connectivity index (χ3n) is 8.32. The van der Waals surface area contributed by atoms with Crippen LogP contribution in [0.3, 0.4) is 0 Å². The van der Waals surface area contributed by atoms with Crippen LogP contribution in [0.25, 0.3) is 11.6 Å². The zero-order valence-corrected chi connectivity index (χ0v) is 20.2. The number of benzene rings is 1. The number of carbonyl (C=O) groups is 1. The Hall–Kier alpha value is -2.90. The Morgan fingerprint density at radius 3 is 2.51 bits per heavy atom. The maximum atomic E-state index is 12.4. The number of pyridine rings is 1. The van der Waals surface area contributed by atoms with Gasteiger partial charge in [-0.2, -0.15) is 0 Å². The van der Waals surface area contributed by atoms with Crippen LogP contribution in [-0.4, -0.2) is 80.4 Å². The van der Waals surface area contributed by atoms with E-state index >= 15 is 0 Å². The van der Waals surface area contributed by atoms with Gasteiger partial charge in [-0.25, -0.2) is 0 Å². The smallest absolute Gasteiger partial charge is 0.225 e. The summed E-state index contributed by atoms with van der Waals surface area (Å²) >= 11 is 0. The minimum Gasteiger partial charge on any atom is -0.377 e. The molecule has 0 atom stereocenters. The fourth-order valence-electron chi connectivity index (χ4n) is 6.03. The Labute approximate surface area is 206 Å². The summed E-state index contributed by atoms with van der Waals surface area (Å²) in [5, 5.41) is 3.64. The molecule has 0 bridgehead atoms. The molecule has 1 aromatic heterocycles. The topological polar surface area (TPSA) is 60.9 Å². The number of carbonyl (C=O) groups excluding carboxylic acids is 1. The number of amides is 1. The Bertz CT molecular complexity index is 1160. The monoisotopic (exact) mass is 471 g/mol. The van der Waals surface area contributed by atoms with Crippen molar-refractivity contribution in [2.24, 2.45) is 5.92 Å². The molecule has 3 aliphatic heterocycles. The molecule has 0 radical (unpaired) electrons. The zero-order valence-electron chi connectivity index (χ0n) is 20.2. The molecule has 0 unspecified atom stereocenters. The number of hydrogen-bond acceptors (Lipinski definition) is 6. The van der Waals surface area contributed by atoms with Gasteiger partial charge in [0.25, 0.3) is 0 Å². The molecule has 1 N–H and O–H groups in total. The highest BCUT2D eigenvalue weighted by molar-refractivity contribution is 5.92.